The molecule has 0 amide bonds. The number of hydrogen-bond donors (Lipinski definition) is 4. The Hall–Kier alpha value is -11.3. The summed E-state index contributed by atoms with van der Waals surface area (Å²) in [6, 6.07) is 25.5. The number of rotatable bonds is 19. The lowest BCUT2D eigenvalue weighted by Crippen LogP contribution is -2.20. The molecule has 0 fully saturated rings. The summed E-state index contributed by atoms with van der Waals surface area (Å²) in [6.45, 7) is 9.13. The number of benzene rings is 6. The lowest BCUT2D eigenvalue weighted by Gasteiger charge is -2.16. The Balaban J connectivity index is 0.000000169. The third-order valence-electron chi connectivity index (χ3n) is 16.8. The summed E-state index contributed by atoms with van der Waals surface area (Å²) in [6.07, 6.45) is 6.19. The monoisotopic (exact) mass is 1540 g/mol. The molecule has 0 aliphatic heterocycles. The molecule has 0 saturated carbocycles. The number of aromatic nitrogens is 9. The second kappa shape index (κ2) is 32.2. The number of halogens is 6. The van der Waals surface area contributed by atoms with Gasteiger partial charge in [-0.1, -0.05) is 119 Å². The number of nitrogens with two attached hydrogens (primary N) is 1. The van der Waals surface area contributed by atoms with Crippen LogP contribution in [0.15, 0.2) is 137 Å². The predicted octanol–water partition coefficient (Wildman–Crippen LogP) is 15.9. The summed E-state index contributed by atoms with van der Waals surface area (Å²) >= 11 is 39.2. The van der Waals surface area contributed by atoms with Crippen LogP contribution in [-0.4, -0.2) is 97.0 Å². The molecule has 0 unspecified atom stereocenters. The van der Waals surface area contributed by atoms with Crippen molar-refractivity contribution in [2.24, 2.45) is 21.1 Å². The Labute approximate surface area is 628 Å². The molecule has 0 spiro atoms. The Morgan fingerprint density at radius 2 is 0.800 bits per heavy atom. The number of nitro benzene ring substituents is 1. The van der Waals surface area contributed by atoms with Gasteiger partial charge in [-0.15, -0.1) is 0 Å². The van der Waals surface area contributed by atoms with Crippen molar-refractivity contribution >= 4 is 155 Å². The zero-order valence-electron chi connectivity index (χ0n) is 58.1. The van der Waals surface area contributed by atoms with E-state index in [1.165, 1.54) is 80.8 Å². The molecule has 0 radical (unpaired) electrons. The SMILES string of the molecule is C=CC(=O)Cc1cccc(C)c1Nc1ncc2cc(-c3c(Cl)c(OC)cc(OC)c3Cl)c(=O)n(C)c2n1.COc1cc(OC)c(Cl)c(-c2cc3cnc(Nc4c(C)cccc4N)nc3n(C)c2=O)c1Cl.COc1cc(OC)c(Cl)c(-c2cc3cnc(Nc4c(C)cccc4[N+](=O)[O-])nc3n(C)c2=O)c1Cl. The molecule has 0 bridgehead atoms. The maximum absolute atomic E-state index is 13.5. The fourth-order valence-corrected chi connectivity index (χ4v) is 13.4. The van der Waals surface area contributed by atoms with E-state index in [2.05, 4.69) is 52.4 Å². The highest BCUT2D eigenvalue weighted by Gasteiger charge is 2.27. The third kappa shape index (κ3) is 15.3. The number of nitro groups is 1. The van der Waals surface area contributed by atoms with Crippen LogP contribution in [0, 0.1) is 30.9 Å². The number of carbonyl (C=O) groups excluding carboxylic acids is 1. The summed E-state index contributed by atoms with van der Waals surface area (Å²) in [7, 11) is 13.5. The number of nitrogens with zero attached hydrogens (tertiary/aromatic N) is 10. The van der Waals surface area contributed by atoms with Gasteiger partial charge in [-0.3, -0.25) is 43.0 Å². The number of ketones is 1. The van der Waals surface area contributed by atoms with E-state index in [1.54, 1.807) is 89.0 Å². The van der Waals surface area contributed by atoms with E-state index in [0.717, 1.165) is 22.4 Å². The minimum atomic E-state index is -0.492. The maximum atomic E-state index is 13.5. The van der Waals surface area contributed by atoms with E-state index in [0.29, 0.717) is 102 Å². The van der Waals surface area contributed by atoms with Crippen molar-refractivity contribution in [2.45, 2.75) is 27.2 Å². The summed E-state index contributed by atoms with van der Waals surface area (Å²) in [5.74, 6) is 2.47. The van der Waals surface area contributed by atoms with Crippen LogP contribution in [0.4, 0.5) is 46.3 Å². The van der Waals surface area contributed by atoms with Crippen molar-refractivity contribution in [1.82, 2.24) is 43.6 Å². The van der Waals surface area contributed by atoms with Crippen LogP contribution in [0.1, 0.15) is 22.3 Å². The van der Waals surface area contributed by atoms with Gasteiger partial charge in [0.25, 0.3) is 22.4 Å². The lowest BCUT2D eigenvalue weighted by atomic mass is 10.0. The van der Waals surface area contributed by atoms with E-state index in [4.69, 9.17) is 104 Å². The van der Waals surface area contributed by atoms with Gasteiger partial charge in [-0.25, -0.2) is 15.0 Å². The van der Waals surface area contributed by atoms with E-state index >= 15 is 0 Å². The highest BCUT2D eigenvalue weighted by Crippen LogP contribution is 2.49. The molecule has 32 heteroatoms. The zero-order valence-corrected chi connectivity index (χ0v) is 62.6. The van der Waals surface area contributed by atoms with Crippen molar-refractivity contribution in [2.75, 3.05) is 64.3 Å². The van der Waals surface area contributed by atoms with Gasteiger partial charge < -0.3 is 50.1 Å². The number of aryl methyl sites for hydroxylation is 6. The molecule has 0 atom stereocenters. The van der Waals surface area contributed by atoms with Crippen LogP contribution < -0.4 is 66.8 Å². The number of methoxy groups -OCH3 is 6. The smallest absolute Gasteiger partial charge is 0.293 e. The molecule has 6 aromatic heterocycles. The molecule has 0 aliphatic rings. The van der Waals surface area contributed by atoms with Gasteiger partial charge in [0, 0.05) is 109 Å². The molecule has 6 aromatic carbocycles. The van der Waals surface area contributed by atoms with Crippen molar-refractivity contribution in [3.05, 3.63) is 216 Å². The fraction of sp³-hybridized carbons (Fsp3) is 0.178. The Morgan fingerprint density at radius 3 is 1.12 bits per heavy atom. The van der Waals surface area contributed by atoms with Gasteiger partial charge in [0.1, 0.15) is 57.1 Å². The number of hydrogen-bond acceptors (Lipinski definition) is 22. The van der Waals surface area contributed by atoms with Crippen molar-refractivity contribution in [3.8, 4) is 67.9 Å². The van der Waals surface area contributed by atoms with Crippen LogP contribution in [0.2, 0.25) is 30.1 Å². The van der Waals surface area contributed by atoms with Crippen molar-refractivity contribution in [3.63, 3.8) is 0 Å². The van der Waals surface area contributed by atoms with Crippen LogP contribution in [0.3, 0.4) is 0 Å². The second-order valence-electron chi connectivity index (χ2n) is 23.1. The third-order valence-corrected chi connectivity index (χ3v) is 19.0. The number of fused-ring (bicyclic) bond motifs is 3. The van der Waals surface area contributed by atoms with Gasteiger partial charge in [0.2, 0.25) is 17.8 Å². The average Bonchev–Trinajstić information content (AvgIpc) is 0.766. The van der Waals surface area contributed by atoms with Gasteiger partial charge >= 0.3 is 0 Å². The van der Waals surface area contributed by atoms with E-state index in [-0.39, 0.29) is 99.0 Å². The number of pyridine rings is 3. The molecular formula is C73H64Cl6N14O12. The zero-order chi connectivity index (χ0) is 76.2. The molecule has 540 valence electrons. The van der Waals surface area contributed by atoms with E-state index in [9.17, 15) is 29.3 Å². The number of carbonyl (C=O) groups is 1. The molecule has 6 heterocycles. The second-order valence-corrected chi connectivity index (χ2v) is 25.4. The van der Waals surface area contributed by atoms with Crippen molar-refractivity contribution in [1.29, 1.82) is 0 Å². The minimum Gasteiger partial charge on any atom is -0.495 e. The molecule has 5 N–H and O–H groups in total. The summed E-state index contributed by atoms with van der Waals surface area (Å²) < 4.78 is 36.1. The first-order valence-corrected chi connectivity index (χ1v) is 33.5. The van der Waals surface area contributed by atoms with Crippen LogP contribution in [-0.2, 0) is 32.4 Å². The topological polar surface area (TPSA) is 321 Å². The summed E-state index contributed by atoms with van der Waals surface area (Å²) in [5.41, 5.74) is 13.1. The van der Waals surface area contributed by atoms with Gasteiger partial charge in [0.15, 0.2) is 5.78 Å². The fourth-order valence-electron chi connectivity index (χ4n) is 11.3. The van der Waals surface area contributed by atoms with Crippen molar-refractivity contribution < 1.29 is 38.1 Å². The first-order valence-electron chi connectivity index (χ1n) is 31.2. The first kappa shape index (κ1) is 76.4. The van der Waals surface area contributed by atoms with E-state index in [1.807, 2.05) is 44.2 Å². The quantitative estimate of drug-likeness (QED) is 0.0253. The van der Waals surface area contributed by atoms with Crippen LogP contribution in [0.25, 0.3) is 66.5 Å². The van der Waals surface area contributed by atoms with Crippen LogP contribution in [0.5, 0.6) is 34.5 Å². The molecule has 26 nitrogen and oxygen atoms in total. The maximum Gasteiger partial charge on any atom is 0.293 e. The summed E-state index contributed by atoms with van der Waals surface area (Å²) in [5, 5.41) is 23.5. The lowest BCUT2D eigenvalue weighted by molar-refractivity contribution is -0.384. The molecule has 12 rings (SSSR count). The van der Waals surface area contributed by atoms with Gasteiger partial charge in [0.05, 0.1) is 106 Å². The number of allylic oxidation sites excluding steroid dienone is 1. The number of nitrogen functional groups attached to an aromatic ring is 1. The average molecular weight is 1540 g/mol. The predicted molar refractivity (Wildman–Crippen MR) is 413 cm³/mol. The summed E-state index contributed by atoms with van der Waals surface area (Å²) in [4.78, 5) is 89.7. The Bertz CT molecular complexity index is 5620. The Kier molecular flexibility index (Phi) is 23.4. The molecule has 12 aromatic rings. The molecule has 0 saturated heterocycles. The minimum absolute atomic E-state index is 0.0942. The van der Waals surface area contributed by atoms with Crippen LogP contribution >= 0.6 is 69.6 Å². The highest BCUT2D eigenvalue weighted by atomic mass is 35.5. The first-order chi connectivity index (χ1) is 50.1. The molecular weight excluding hydrogens is 1480 g/mol. The Morgan fingerprint density at radius 1 is 0.495 bits per heavy atom. The number of nitrogens with one attached hydrogen (secondary N) is 3. The van der Waals surface area contributed by atoms with Gasteiger partial charge in [-0.05, 0) is 73.4 Å². The normalized spacial score (nSPS) is 10.9. The van der Waals surface area contributed by atoms with Gasteiger partial charge in [-0.2, -0.15) is 15.0 Å². The number of ether oxygens (including phenoxy) is 6. The number of para-hydroxylation sites is 3. The molecule has 0 aliphatic carbocycles. The molecule has 105 heavy (non-hydrogen) atoms. The van der Waals surface area contributed by atoms with E-state index < -0.39 is 10.5 Å². The standard InChI is InChI=1S/C27H24Cl2N4O4.C23H19Cl2N5O5.C23H21Cl2N5O3/c1-6-17(34)10-15-9-7-8-14(2)24(15)31-27-30-13-16-11-18(26(35)33(3)25(16)32-27)21-22(28)19(36-4)12-20(37-5)23(21)29;1-11-6-5-7-14(30(32)33)20(11)27-23-26-10-12-8-13(22(31)29(2)21(12)28-23)17-18(24)15(34-3)9-16(35-4)19(17)25;1-11-6-5-7-14(26)20(11)28-23-27-10-12-8-13(22(31)30(2)21(12)29-23)17-18(24)15(32-3)9-16(33-4)19(17)25/h6-9,11-13H,1,10H2,2-5H3,(H,30,31,32);5-10H,1-4H3,(H,26,27,28);5-10H,26H2,1-4H3,(H,27,28,29). The number of anilines is 7. The highest BCUT2D eigenvalue weighted by molar-refractivity contribution is 6.42. The largest absolute Gasteiger partial charge is 0.495 e.